The van der Waals surface area contributed by atoms with Crippen LogP contribution in [0.25, 0.3) is 0 Å². The number of halogens is 1. The number of amides is 1. The molecule has 0 radical (unpaired) electrons. The number of hydrogen-bond donors (Lipinski definition) is 2. The van der Waals surface area contributed by atoms with Crippen molar-refractivity contribution < 1.29 is 4.79 Å². The van der Waals surface area contributed by atoms with Gasteiger partial charge in [0.2, 0.25) is 5.91 Å². The molecule has 2 N–H and O–H groups in total. The van der Waals surface area contributed by atoms with Crippen molar-refractivity contribution in [2.75, 3.05) is 19.6 Å². The summed E-state index contributed by atoms with van der Waals surface area (Å²) >= 11 is 6.14. The van der Waals surface area contributed by atoms with E-state index < -0.39 is 0 Å². The highest BCUT2D eigenvalue weighted by Crippen LogP contribution is 2.42. The first kappa shape index (κ1) is 15.8. The molecule has 3 rings (SSSR count). The van der Waals surface area contributed by atoms with Gasteiger partial charge in [-0.3, -0.25) is 4.79 Å². The van der Waals surface area contributed by atoms with E-state index in [2.05, 4.69) is 16.7 Å². The van der Waals surface area contributed by atoms with Crippen LogP contribution >= 0.6 is 11.6 Å². The molecule has 22 heavy (non-hydrogen) atoms. The van der Waals surface area contributed by atoms with Crippen molar-refractivity contribution in [1.82, 2.24) is 10.6 Å². The molecule has 3 nitrogen and oxygen atoms in total. The Kier molecular flexibility index (Phi) is 5.04. The van der Waals surface area contributed by atoms with Crippen LogP contribution in [0.1, 0.15) is 44.1 Å². The molecular formula is C18H25ClN2O. The maximum atomic E-state index is 12.9. The highest BCUT2D eigenvalue weighted by Gasteiger charge is 2.42. The highest BCUT2D eigenvalue weighted by molar-refractivity contribution is 6.30. The van der Waals surface area contributed by atoms with Crippen molar-refractivity contribution in [2.45, 2.75) is 43.9 Å². The normalized spacial score (nSPS) is 23.6. The minimum absolute atomic E-state index is 0.193. The monoisotopic (exact) mass is 320 g/mol. The van der Waals surface area contributed by atoms with E-state index in [4.69, 9.17) is 11.6 Å². The zero-order valence-corrected chi connectivity index (χ0v) is 13.8. The lowest BCUT2D eigenvalue weighted by Gasteiger charge is -2.28. The van der Waals surface area contributed by atoms with E-state index >= 15 is 0 Å². The molecule has 1 aromatic carbocycles. The summed E-state index contributed by atoms with van der Waals surface area (Å²) in [7, 11) is 0. The van der Waals surface area contributed by atoms with Gasteiger partial charge in [0.05, 0.1) is 5.41 Å². The van der Waals surface area contributed by atoms with Crippen molar-refractivity contribution in [1.29, 1.82) is 0 Å². The maximum absolute atomic E-state index is 12.9. The summed E-state index contributed by atoms with van der Waals surface area (Å²) in [4.78, 5) is 12.9. The van der Waals surface area contributed by atoms with Crippen LogP contribution in [0.4, 0.5) is 0 Å². The molecule has 1 saturated heterocycles. The van der Waals surface area contributed by atoms with Crippen LogP contribution < -0.4 is 10.6 Å². The SMILES string of the molecule is O=C(NCCC1CCNC1)C1(c2cccc(Cl)c2)CCCC1. The van der Waals surface area contributed by atoms with Gasteiger partial charge < -0.3 is 10.6 Å². The smallest absolute Gasteiger partial charge is 0.230 e. The Bertz CT molecular complexity index is 520. The average molecular weight is 321 g/mol. The van der Waals surface area contributed by atoms with Gasteiger partial charge in [0, 0.05) is 11.6 Å². The Hall–Kier alpha value is -1.06. The molecule has 1 amide bonds. The van der Waals surface area contributed by atoms with E-state index in [1.54, 1.807) is 0 Å². The number of benzene rings is 1. The lowest BCUT2D eigenvalue weighted by Crippen LogP contribution is -2.43. The topological polar surface area (TPSA) is 41.1 Å². The molecule has 1 unspecified atom stereocenters. The van der Waals surface area contributed by atoms with Crippen LogP contribution in [0.2, 0.25) is 5.02 Å². The average Bonchev–Trinajstić information content (AvgIpc) is 3.19. The van der Waals surface area contributed by atoms with Crippen LogP contribution in [0, 0.1) is 5.92 Å². The van der Waals surface area contributed by atoms with Gasteiger partial charge in [0.1, 0.15) is 0 Å². The Morgan fingerprint density at radius 3 is 2.86 bits per heavy atom. The van der Waals surface area contributed by atoms with Gasteiger partial charge in [0.15, 0.2) is 0 Å². The van der Waals surface area contributed by atoms with E-state index in [0.29, 0.717) is 10.9 Å². The number of carbonyl (C=O) groups excluding carboxylic acids is 1. The minimum atomic E-state index is -0.362. The van der Waals surface area contributed by atoms with Crippen LogP contribution in [0.3, 0.4) is 0 Å². The first-order chi connectivity index (χ1) is 10.7. The second kappa shape index (κ2) is 7.01. The predicted octanol–water partition coefficient (Wildman–Crippen LogP) is 3.27. The molecule has 0 bridgehead atoms. The second-order valence-electron chi connectivity index (χ2n) is 6.70. The fraction of sp³-hybridized carbons (Fsp3) is 0.611. The van der Waals surface area contributed by atoms with Crippen molar-refractivity contribution in [3.05, 3.63) is 34.9 Å². The Morgan fingerprint density at radius 1 is 1.36 bits per heavy atom. The molecule has 2 fully saturated rings. The van der Waals surface area contributed by atoms with E-state index in [9.17, 15) is 4.79 Å². The summed E-state index contributed by atoms with van der Waals surface area (Å²) in [5.41, 5.74) is 0.719. The molecular weight excluding hydrogens is 296 g/mol. The number of hydrogen-bond acceptors (Lipinski definition) is 2. The van der Waals surface area contributed by atoms with E-state index in [1.807, 2.05) is 18.2 Å². The maximum Gasteiger partial charge on any atom is 0.230 e. The standard InChI is InChI=1S/C18H25ClN2O/c19-16-5-3-4-15(12-16)18(8-1-2-9-18)17(22)21-11-7-14-6-10-20-13-14/h3-5,12,14,20H,1-2,6-11,13H2,(H,21,22). The van der Waals surface area contributed by atoms with Crippen LogP contribution in [-0.4, -0.2) is 25.5 Å². The molecule has 1 atom stereocenters. The Balaban J connectivity index is 1.66. The summed E-state index contributed by atoms with van der Waals surface area (Å²) in [6.07, 6.45) is 6.41. The molecule has 1 heterocycles. The third kappa shape index (κ3) is 3.31. The summed E-state index contributed by atoms with van der Waals surface area (Å²) in [5.74, 6) is 0.907. The van der Waals surface area contributed by atoms with Crippen molar-refractivity contribution in [3.8, 4) is 0 Å². The van der Waals surface area contributed by atoms with Gasteiger partial charge in [-0.15, -0.1) is 0 Å². The third-order valence-electron chi connectivity index (χ3n) is 5.27. The summed E-state index contributed by atoms with van der Waals surface area (Å²) < 4.78 is 0. The number of rotatable bonds is 5. The van der Waals surface area contributed by atoms with Gasteiger partial charge in [0.25, 0.3) is 0 Å². The van der Waals surface area contributed by atoms with Crippen molar-refractivity contribution in [3.63, 3.8) is 0 Å². The fourth-order valence-corrected chi connectivity index (χ4v) is 4.12. The highest BCUT2D eigenvalue weighted by atomic mass is 35.5. The molecule has 1 aliphatic heterocycles. The molecule has 0 spiro atoms. The molecule has 1 saturated carbocycles. The van der Waals surface area contributed by atoms with Crippen molar-refractivity contribution in [2.24, 2.45) is 5.92 Å². The zero-order chi connectivity index (χ0) is 15.4. The number of nitrogens with one attached hydrogen (secondary N) is 2. The summed E-state index contributed by atoms with van der Waals surface area (Å²) in [6.45, 7) is 2.99. The minimum Gasteiger partial charge on any atom is -0.355 e. The molecule has 1 aromatic rings. The van der Waals surface area contributed by atoms with Gasteiger partial charge in [-0.25, -0.2) is 0 Å². The van der Waals surface area contributed by atoms with E-state index in [0.717, 1.165) is 57.3 Å². The quantitative estimate of drug-likeness (QED) is 0.874. The van der Waals surface area contributed by atoms with Crippen molar-refractivity contribution >= 4 is 17.5 Å². The van der Waals surface area contributed by atoms with Crippen LogP contribution in [0.15, 0.2) is 24.3 Å². The van der Waals surface area contributed by atoms with E-state index in [1.165, 1.54) is 6.42 Å². The first-order valence-electron chi connectivity index (χ1n) is 8.46. The fourth-order valence-electron chi connectivity index (χ4n) is 3.93. The Morgan fingerprint density at radius 2 is 2.18 bits per heavy atom. The zero-order valence-electron chi connectivity index (χ0n) is 13.0. The van der Waals surface area contributed by atoms with Gasteiger partial charge >= 0.3 is 0 Å². The third-order valence-corrected chi connectivity index (χ3v) is 5.50. The summed E-state index contributed by atoms with van der Waals surface area (Å²) in [5, 5.41) is 7.29. The molecule has 1 aliphatic carbocycles. The van der Waals surface area contributed by atoms with E-state index in [-0.39, 0.29) is 11.3 Å². The largest absolute Gasteiger partial charge is 0.355 e. The lowest BCUT2D eigenvalue weighted by molar-refractivity contribution is -0.126. The molecule has 120 valence electrons. The number of carbonyl (C=O) groups is 1. The van der Waals surface area contributed by atoms with Gasteiger partial charge in [-0.1, -0.05) is 36.6 Å². The lowest BCUT2D eigenvalue weighted by atomic mass is 9.78. The van der Waals surface area contributed by atoms with Crippen LogP contribution in [0.5, 0.6) is 0 Å². The van der Waals surface area contributed by atoms with Gasteiger partial charge in [-0.05, 0) is 62.4 Å². The summed E-state index contributed by atoms with van der Waals surface area (Å²) in [6, 6.07) is 7.85. The first-order valence-corrected chi connectivity index (χ1v) is 8.83. The Labute approximate surface area is 137 Å². The molecule has 4 heteroatoms. The predicted molar refractivity (Wildman–Crippen MR) is 90.2 cm³/mol. The molecule has 2 aliphatic rings. The van der Waals surface area contributed by atoms with Crippen LogP contribution in [-0.2, 0) is 10.2 Å². The second-order valence-corrected chi connectivity index (χ2v) is 7.14. The molecule has 0 aromatic heterocycles. The van der Waals surface area contributed by atoms with Gasteiger partial charge in [-0.2, -0.15) is 0 Å².